The van der Waals surface area contributed by atoms with Crippen molar-refractivity contribution in [3.05, 3.63) is 32.0 Å². The number of aromatic nitrogens is 1. The van der Waals surface area contributed by atoms with E-state index in [2.05, 4.69) is 20.9 Å². The zero-order chi connectivity index (χ0) is 11.2. The summed E-state index contributed by atoms with van der Waals surface area (Å²) < 4.78 is 38.0. The van der Waals surface area contributed by atoms with Crippen molar-refractivity contribution in [2.75, 3.05) is 0 Å². The van der Waals surface area contributed by atoms with E-state index < -0.39 is 17.3 Å². The van der Waals surface area contributed by atoms with Crippen LogP contribution >= 0.6 is 27.3 Å². The van der Waals surface area contributed by atoms with E-state index in [1.165, 1.54) is 6.07 Å². The van der Waals surface area contributed by atoms with Gasteiger partial charge in [-0.3, -0.25) is 4.79 Å². The van der Waals surface area contributed by atoms with Crippen LogP contribution in [-0.2, 0) is 6.18 Å². The molecule has 2 heterocycles. The van der Waals surface area contributed by atoms with Crippen LogP contribution in [0, 0.1) is 0 Å². The average molecular weight is 298 g/mol. The van der Waals surface area contributed by atoms with E-state index in [0.717, 1.165) is 11.3 Å². The molecule has 0 aromatic carbocycles. The summed E-state index contributed by atoms with van der Waals surface area (Å²) in [6, 6.07) is 1.38. The smallest absolute Gasteiger partial charge is 0.328 e. The minimum atomic E-state index is -4.45. The number of halogens is 4. The van der Waals surface area contributed by atoms with Crippen LogP contribution in [0.25, 0.3) is 10.1 Å². The first-order valence-electron chi connectivity index (χ1n) is 3.77. The van der Waals surface area contributed by atoms with Gasteiger partial charge in [0.1, 0.15) is 0 Å². The molecule has 0 fully saturated rings. The third-order valence-corrected chi connectivity index (χ3v) is 3.52. The summed E-state index contributed by atoms with van der Waals surface area (Å²) in [7, 11) is 0. The Bertz CT molecular complexity index is 571. The molecule has 0 saturated carbocycles. The van der Waals surface area contributed by atoms with Gasteiger partial charge in [-0.25, -0.2) is 0 Å². The van der Waals surface area contributed by atoms with Crippen LogP contribution in [0.2, 0.25) is 0 Å². The molecule has 0 unspecified atom stereocenters. The van der Waals surface area contributed by atoms with Gasteiger partial charge < -0.3 is 4.98 Å². The molecule has 2 aromatic heterocycles. The van der Waals surface area contributed by atoms with Gasteiger partial charge in [0.05, 0.1) is 19.4 Å². The summed E-state index contributed by atoms with van der Waals surface area (Å²) in [6.45, 7) is 0. The van der Waals surface area contributed by atoms with Crippen molar-refractivity contribution < 1.29 is 13.2 Å². The Balaban J connectivity index is 2.89. The number of hydrogen-bond acceptors (Lipinski definition) is 2. The quantitative estimate of drug-likeness (QED) is 0.794. The highest BCUT2D eigenvalue weighted by Crippen LogP contribution is 2.38. The minimum Gasteiger partial charge on any atom is -0.328 e. The van der Waals surface area contributed by atoms with E-state index in [4.69, 9.17) is 0 Å². The molecule has 80 valence electrons. The molecule has 7 heteroatoms. The SMILES string of the molecule is O=c1[nH]cc(C(F)(F)F)c2sc(Br)cc12. The molecule has 2 rings (SSSR count). The van der Waals surface area contributed by atoms with Crippen molar-refractivity contribution >= 4 is 37.4 Å². The number of alkyl halides is 3. The van der Waals surface area contributed by atoms with E-state index in [-0.39, 0.29) is 10.1 Å². The molecule has 0 radical (unpaired) electrons. The topological polar surface area (TPSA) is 32.9 Å². The molecule has 0 spiro atoms. The molecule has 1 N–H and O–H groups in total. The van der Waals surface area contributed by atoms with E-state index in [1.807, 2.05) is 0 Å². The van der Waals surface area contributed by atoms with Crippen LogP contribution in [0.5, 0.6) is 0 Å². The number of nitrogens with one attached hydrogen (secondary N) is 1. The molecular weight excluding hydrogens is 295 g/mol. The molecule has 2 nitrogen and oxygen atoms in total. The molecule has 0 aliphatic rings. The number of aromatic amines is 1. The summed E-state index contributed by atoms with van der Waals surface area (Å²) in [5.74, 6) is 0. The lowest BCUT2D eigenvalue weighted by atomic mass is 10.2. The third-order valence-electron chi connectivity index (χ3n) is 1.84. The van der Waals surface area contributed by atoms with Gasteiger partial charge in [0.25, 0.3) is 5.56 Å². The normalized spacial score (nSPS) is 12.3. The van der Waals surface area contributed by atoms with Crippen LogP contribution in [-0.4, -0.2) is 4.98 Å². The van der Waals surface area contributed by atoms with E-state index in [0.29, 0.717) is 9.98 Å². The summed E-state index contributed by atoms with van der Waals surface area (Å²) in [6.07, 6.45) is -3.75. The van der Waals surface area contributed by atoms with Gasteiger partial charge in [-0.2, -0.15) is 13.2 Å². The second-order valence-corrected chi connectivity index (χ2v) is 5.25. The van der Waals surface area contributed by atoms with Gasteiger partial charge in [0, 0.05) is 6.20 Å². The molecule has 2 aromatic rings. The summed E-state index contributed by atoms with van der Waals surface area (Å²) in [5.41, 5.74) is -1.33. The fraction of sp³-hybridized carbons (Fsp3) is 0.125. The zero-order valence-electron chi connectivity index (χ0n) is 6.98. The Morgan fingerprint density at radius 3 is 2.67 bits per heavy atom. The third kappa shape index (κ3) is 1.81. The molecule has 0 aliphatic carbocycles. The summed E-state index contributed by atoms with van der Waals surface area (Å²) >= 11 is 3.95. The number of hydrogen-bond donors (Lipinski definition) is 1. The van der Waals surface area contributed by atoms with Gasteiger partial charge in [-0.15, -0.1) is 11.3 Å². The highest BCUT2D eigenvalue weighted by molar-refractivity contribution is 9.11. The first-order valence-corrected chi connectivity index (χ1v) is 5.38. The minimum absolute atomic E-state index is 0.0434. The van der Waals surface area contributed by atoms with Crippen molar-refractivity contribution in [2.24, 2.45) is 0 Å². The van der Waals surface area contributed by atoms with Crippen molar-refractivity contribution in [1.29, 1.82) is 0 Å². The summed E-state index contributed by atoms with van der Waals surface area (Å²) in [5, 5.41) is 0.0571. The number of rotatable bonds is 0. The maximum Gasteiger partial charge on any atom is 0.419 e. The molecule has 0 atom stereocenters. The molecule has 15 heavy (non-hydrogen) atoms. The Morgan fingerprint density at radius 1 is 1.40 bits per heavy atom. The van der Waals surface area contributed by atoms with Crippen molar-refractivity contribution in [1.82, 2.24) is 4.98 Å². The Kier molecular flexibility index (Phi) is 2.38. The predicted octanol–water partition coefficient (Wildman–Crippen LogP) is 3.37. The second kappa shape index (κ2) is 3.34. The van der Waals surface area contributed by atoms with E-state index >= 15 is 0 Å². The van der Waals surface area contributed by atoms with E-state index in [9.17, 15) is 18.0 Å². The lowest BCUT2D eigenvalue weighted by Crippen LogP contribution is -2.11. The van der Waals surface area contributed by atoms with Gasteiger partial charge >= 0.3 is 6.18 Å². The van der Waals surface area contributed by atoms with Crippen molar-refractivity contribution in [3.8, 4) is 0 Å². The molecule has 0 bridgehead atoms. The predicted molar refractivity (Wildman–Crippen MR) is 55.1 cm³/mol. The maximum atomic E-state index is 12.5. The van der Waals surface area contributed by atoms with Crippen molar-refractivity contribution in [2.45, 2.75) is 6.18 Å². The summed E-state index contributed by atoms with van der Waals surface area (Å²) in [4.78, 5) is 13.3. The Hall–Kier alpha value is -0.820. The highest BCUT2D eigenvalue weighted by atomic mass is 79.9. The fourth-order valence-electron chi connectivity index (χ4n) is 1.22. The average Bonchev–Trinajstić information content (AvgIpc) is 2.45. The fourth-order valence-corrected chi connectivity index (χ4v) is 2.85. The highest BCUT2D eigenvalue weighted by Gasteiger charge is 2.34. The molecular formula is C8H3BrF3NOS. The van der Waals surface area contributed by atoms with Crippen LogP contribution in [0.3, 0.4) is 0 Å². The Morgan fingerprint density at radius 2 is 2.07 bits per heavy atom. The largest absolute Gasteiger partial charge is 0.419 e. The lowest BCUT2D eigenvalue weighted by Gasteiger charge is -2.06. The zero-order valence-corrected chi connectivity index (χ0v) is 9.39. The van der Waals surface area contributed by atoms with Crippen LogP contribution in [0.15, 0.2) is 20.8 Å². The molecule has 0 amide bonds. The number of fused-ring (bicyclic) bond motifs is 1. The number of pyridine rings is 1. The molecule has 0 aliphatic heterocycles. The first kappa shape index (κ1) is 10.7. The van der Waals surface area contributed by atoms with Crippen LogP contribution < -0.4 is 5.56 Å². The Labute approximate surface area is 93.9 Å². The van der Waals surface area contributed by atoms with Gasteiger partial charge in [-0.1, -0.05) is 0 Å². The van der Waals surface area contributed by atoms with E-state index in [1.54, 1.807) is 0 Å². The monoisotopic (exact) mass is 297 g/mol. The van der Waals surface area contributed by atoms with Crippen LogP contribution in [0.4, 0.5) is 13.2 Å². The van der Waals surface area contributed by atoms with Crippen LogP contribution in [0.1, 0.15) is 5.56 Å². The van der Waals surface area contributed by atoms with Gasteiger partial charge in [0.15, 0.2) is 0 Å². The lowest BCUT2D eigenvalue weighted by molar-refractivity contribution is -0.136. The maximum absolute atomic E-state index is 12.5. The number of H-pyrrole nitrogens is 1. The molecule has 0 saturated heterocycles. The van der Waals surface area contributed by atoms with Crippen molar-refractivity contribution in [3.63, 3.8) is 0 Å². The number of thiophene rings is 1. The van der Waals surface area contributed by atoms with Gasteiger partial charge in [0.2, 0.25) is 0 Å². The second-order valence-electron chi connectivity index (χ2n) is 2.82. The standard InChI is InChI=1S/C8H3BrF3NOS/c9-5-1-3-6(15-5)4(8(10,11)12)2-13-7(3)14/h1-2H,(H,13,14). The first-order chi connectivity index (χ1) is 6.89. The van der Waals surface area contributed by atoms with Gasteiger partial charge in [-0.05, 0) is 22.0 Å².